The number of rotatable bonds is 4. The molecule has 1 aliphatic rings. The molecule has 1 heterocycles. The van der Waals surface area contributed by atoms with Gasteiger partial charge in [-0.1, -0.05) is 22.9 Å². The summed E-state index contributed by atoms with van der Waals surface area (Å²) in [4.78, 5) is 2.59. The van der Waals surface area contributed by atoms with E-state index in [4.69, 9.17) is 0 Å². The number of hydrogen-bond donors (Lipinski definition) is 1. The van der Waals surface area contributed by atoms with Crippen LogP contribution >= 0.6 is 15.9 Å². The van der Waals surface area contributed by atoms with Gasteiger partial charge in [-0.05, 0) is 57.0 Å². The highest BCUT2D eigenvalue weighted by Crippen LogP contribution is 2.34. The van der Waals surface area contributed by atoms with Crippen molar-refractivity contribution in [2.75, 3.05) is 18.5 Å². The molecule has 0 aliphatic carbocycles. The highest BCUT2D eigenvalue weighted by Gasteiger charge is 2.25. The van der Waals surface area contributed by atoms with Crippen molar-refractivity contribution in [3.63, 3.8) is 0 Å². The molecule has 1 fully saturated rings. The van der Waals surface area contributed by atoms with Crippen LogP contribution < -0.4 is 10.2 Å². The Hall–Kier alpha value is -0.540. The summed E-state index contributed by atoms with van der Waals surface area (Å²) >= 11 is 3.59. The third kappa shape index (κ3) is 2.72. The maximum atomic E-state index is 3.59. The fourth-order valence-electron chi connectivity index (χ4n) is 2.87. The summed E-state index contributed by atoms with van der Waals surface area (Å²) < 4.78 is 1.16. The molecule has 0 amide bonds. The van der Waals surface area contributed by atoms with E-state index in [1.54, 1.807) is 0 Å². The molecule has 2 rings (SSSR count). The normalized spacial score (nSPS) is 21.3. The number of benzene rings is 1. The van der Waals surface area contributed by atoms with Gasteiger partial charge in [-0.3, -0.25) is 0 Å². The standard InChI is InChI=1S/C15H23BrN2/c1-4-13-6-5-9-18(13)15-8-7-12(16)10-14(15)11(2)17-3/h7-8,10-11,13,17H,4-6,9H2,1-3H3. The molecule has 1 saturated heterocycles. The second-order valence-corrected chi connectivity index (χ2v) is 6.03. The Labute approximate surface area is 119 Å². The van der Waals surface area contributed by atoms with E-state index in [2.05, 4.69) is 58.2 Å². The quantitative estimate of drug-likeness (QED) is 0.900. The van der Waals surface area contributed by atoms with E-state index in [0.717, 1.165) is 4.47 Å². The Kier molecular flexibility index (Phi) is 4.68. The van der Waals surface area contributed by atoms with Gasteiger partial charge in [0.2, 0.25) is 0 Å². The van der Waals surface area contributed by atoms with Crippen LogP contribution in [0.15, 0.2) is 22.7 Å². The lowest BCUT2D eigenvalue weighted by Gasteiger charge is -2.30. The molecule has 18 heavy (non-hydrogen) atoms. The minimum Gasteiger partial charge on any atom is -0.368 e. The molecule has 3 heteroatoms. The fraction of sp³-hybridized carbons (Fsp3) is 0.600. The zero-order chi connectivity index (χ0) is 13.1. The number of halogens is 1. The van der Waals surface area contributed by atoms with Gasteiger partial charge in [0.25, 0.3) is 0 Å². The first kappa shape index (κ1) is 13.9. The second-order valence-electron chi connectivity index (χ2n) is 5.11. The first-order valence-electron chi connectivity index (χ1n) is 6.90. The van der Waals surface area contributed by atoms with Gasteiger partial charge in [0.1, 0.15) is 0 Å². The van der Waals surface area contributed by atoms with Crippen molar-refractivity contribution in [3.05, 3.63) is 28.2 Å². The van der Waals surface area contributed by atoms with Crippen molar-refractivity contribution in [2.45, 2.75) is 45.2 Å². The SMILES string of the molecule is CCC1CCCN1c1ccc(Br)cc1C(C)NC. The highest BCUT2D eigenvalue weighted by molar-refractivity contribution is 9.10. The largest absolute Gasteiger partial charge is 0.368 e. The molecule has 0 saturated carbocycles. The summed E-state index contributed by atoms with van der Waals surface area (Å²) in [5, 5.41) is 3.36. The van der Waals surface area contributed by atoms with Gasteiger partial charge in [0.15, 0.2) is 0 Å². The van der Waals surface area contributed by atoms with Crippen LogP contribution in [0.4, 0.5) is 5.69 Å². The Balaban J connectivity index is 2.37. The zero-order valence-corrected chi connectivity index (χ0v) is 13.1. The van der Waals surface area contributed by atoms with Crippen LogP contribution in [0, 0.1) is 0 Å². The third-order valence-corrected chi connectivity index (χ3v) is 4.54. The van der Waals surface area contributed by atoms with E-state index in [0.29, 0.717) is 12.1 Å². The number of nitrogens with one attached hydrogen (secondary N) is 1. The molecular formula is C15H23BrN2. The molecule has 100 valence electrons. The molecule has 2 atom stereocenters. The van der Waals surface area contributed by atoms with Gasteiger partial charge in [-0.15, -0.1) is 0 Å². The molecular weight excluding hydrogens is 288 g/mol. The van der Waals surface area contributed by atoms with Crippen molar-refractivity contribution in [2.24, 2.45) is 0 Å². The highest BCUT2D eigenvalue weighted by atomic mass is 79.9. The lowest BCUT2D eigenvalue weighted by molar-refractivity contribution is 0.623. The van der Waals surface area contributed by atoms with Crippen molar-refractivity contribution in [1.82, 2.24) is 5.32 Å². The predicted molar refractivity (Wildman–Crippen MR) is 82.3 cm³/mol. The first-order chi connectivity index (χ1) is 8.67. The topological polar surface area (TPSA) is 15.3 Å². The van der Waals surface area contributed by atoms with Crippen LogP contribution in [0.3, 0.4) is 0 Å². The molecule has 2 unspecified atom stereocenters. The van der Waals surface area contributed by atoms with Crippen LogP contribution in [0.1, 0.15) is 44.7 Å². The smallest absolute Gasteiger partial charge is 0.0417 e. The van der Waals surface area contributed by atoms with E-state index in [-0.39, 0.29) is 0 Å². The molecule has 1 aromatic rings. The van der Waals surface area contributed by atoms with E-state index in [9.17, 15) is 0 Å². The maximum absolute atomic E-state index is 3.59. The Bertz CT molecular complexity index is 405. The molecule has 1 aliphatic heterocycles. The van der Waals surface area contributed by atoms with Crippen LogP contribution in [-0.4, -0.2) is 19.6 Å². The van der Waals surface area contributed by atoms with E-state index in [1.165, 1.54) is 37.1 Å². The summed E-state index contributed by atoms with van der Waals surface area (Å²) in [7, 11) is 2.02. The average molecular weight is 311 g/mol. The first-order valence-corrected chi connectivity index (χ1v) is 7.70. The van der Waals surface area contributed by atoms with Gasteiger partial charge in [0.05, 0.1) is 0 Å². The third-order valence-electron chi connectivity index (χ3n) is 4.05. The summed E-state index contributed by atoms with van der Waals surface area (Å²) in [5.41, 5.74) is 2.80. The van der Waals surface area contributed by atoms with Gasteiger partial charge in [0, 0.05) is 28.8 Å². The minimum atomic E-state index is 0.385. The van der Waals surface area contributed by atoms with Gasteiger partial charge < -0.3 is 10.2 Å². The molecule has 0 radical (unpaired) electrons. The average Bonchev–Trinajstić information content (AvgIpc) is 2.85. The summed E-state index contributed by atoms with van der Waals surface area (Å²) in [6, 6.07) is 7.78. The number of anilines is 1. The van der Waals surface area contributed by atoms with Crippen molar-refractivity contribution < 1.29 is 0 Å². The fourth-order valence-corrected chi connectivity index (χ4v) is 3.25. The Morgan fingerprint density at radius 3 is 2.94 bits per heavy atom. The molecule has 1 aromatic carbocycles. The molecule has 1 N–H and O–H groups in total. The van der Waals surface area contributed by atoms with Crippen molar-refractivity contribution in [3.8, 4) is 0 Å². The zero-order valence-electron chi connectivity index (χ0n) is 11.5. The Morgan fingerprint density at radius 2 is 2.28 bits per heavy atom. The predicted octanol–water partition coefficient (Wildman–Crippen LogP) is 4.11. The maximum Gasteiger partial charge on any atom is 0.0417 e. The molecule has 0 spiro atoms. The van der Waals surface area contributed by atoms with Crippen molar-refractivity contribution >= 4 is 21.6 Å². The van der Waals surface area contributed by atoms with Crippen LogP contribution in [0.25, 0.3) is 0 Å². The summed E-state index contributed by atoms with van der Waals surface area (Å²) in [6.07, 6.45) is 3.89. The number of hydrogen-bond acceptors (Lipinski definition) is 2. The van der Waals surface area contributed by atoms with Crippen molar-refractivity contribution in [1.29, 1.82) is 0 Å². The molecule has 0 bridgehead atoms. The summed E-state index contributed by atoms with van der Waals surface area (Å²) in [6.45, 7) is 5.72. The number of nitrogens with zero attached hydrogens (tertiary/aromatic N) is 1. The van der Waals surface area contributed by atoms with Gasteiger partial charge >= 0.3 is 0 Å². The van der Waals surface area contributed by atoms with Gasteiger partial charge in [-0.2, -0.15) is 0 Å². The Morgan fingerprint density at radius 1 is 1.50 bits per heavy atom. The van der Waals surface area contributed by atoms with Crippen LogP contribution in [0.2, 0.25) is 0 Å². The van der Waals surface area contributed by atoms with E-state index >= 15 is 0 Å². The van der Waals surface area contributed by atoms with Gasteiger partial charge in [-0.25, -0.2) is 0 Å². The molecule has 0 aromatic heterocycles. The summed E-state index contributed by atoms with van der Waals surface area (Å²) in [5.74, 6) is 0. The second kappa shape index (κ2) is 6.07. The lowest BCUT2D eigenvalue weighted by atomic mass is 10.0. The minimum absolute atomic E-state index is 0.385. The molecule has 2 nitrogen and oxygen atoms in total. The van der Waals surface area contributed by atoms with E-state index in [1.807, 2.05) is 7.05 Å². The van der Waals surface area contributed by atoms with E-state index < -0.39 is 0 Å². The van der Waals surface area contributed by atoms with Crippen LogP contribution in [0.5, 0.6) is 0 Å². The van der Waals surface area contributed by atoms with Crippen LogP contribution in [-0.2, 0) is 0 Å². The lowest BCUT2D eigenvalue weighted by Crippen LogP contribution is -2.30. The monoisotopic (exact) mass is 310 g/mol.